The standard InChI is InChI=1S/C27H31FN4O4S2/c1-4-15-32-24(17(3)36-19-13-11-18(28)12-14-19)30-31-27(32)37-16-22(33)29-25-23(26(34)35-5-2)20-9-7-6-8-10-21(20)38-25/h4,11-14,17H,1,5-10,15-16H2,2-3H3,(H,29,33). The van der Waals surface area contributed by atoms with Crippen LogP contribution in [0.5, 0.6) is 5.75 Å². The minimum atomic E-state index is -0.468. The first-order chi connectivity index (χ1) is 18.4. The van der Waals surface area contributed by atoms with Crippen LogP contribution in [0.1, 0.15) is 65.8 Å². The molecule has 38 heavy (non-hydrogen) atoms. The largest absolute Gasteiger partial charge is 0.483 e. The molecule has 0 radical (unpaired) electrons. The monoisotopic (exact) mass is 558 g/mol. The van der Waals surface area contributed by atoms with Gasteiger partial charge in [0.15, 0.2) is 17.1 Å². The van der Waals surface area contributed by atoms with Gasteiger partial charge in [0.25, 0.3) is 0 Å². The lowest BCUT2D eigenvalue weighted by Gasteiger charge is -2.15. The number of hydrogen-bond donors (Lipinski definition) is 1. The van der Waals surface area contributed by atoms with Crippen molar-refractivity contribution in [3.05, 3.63) is 64.6 Å². The van der Waals surface area contributed by atoms with Gasteiger partial charge in [-0.2, -0.15) is 0 Å². The zero-order valence-corrected chi connectivity index (χ0v) is 23.1. The molecular weight excluding hydrogens is 527 g/mol. The summed E-state index contributed by atoms with van der Waals surface area (Å²) in [5, 5.41) is 12.6. The summed E-state index contributed by atoms with van der Waals surface area (Å²) in [6, 6.07) is 5.76. The molecule has 1 amide bonds. The van der Waals surface area contributed by atoms with Crippen LogP contribution in [-0.2, 0) is 28.9 Å². The predicted molar refractivity (Wildman–Crippen MR) is 147 cm³/mol. The highest BCUT2D eigenvalue weighted by Crippen LogP contribution is 2.38. The molecule has 0 saturated carbocycles. The van der Waals surface area contributed by atoms with E-state index in [1.165, 1.54) is 35.2 Å². The summed E-state index contributed by atoms with van der Waals surface area (Å²) in [6.45, 7) is 8.11. The zero-order valence-electron chi connectivity index (χ0n) is 21.5. The number of benzene rings is 1. The van der Waals surface area contributed by atoms with Gasteiger partial charge in [0.1, 0.15) is 16.6 Å². The molecule has 4 rings (SSSR count). The molecule has 2 aromatic heterocycles. The lowest BCUT2D eigenvalue weighted by molar-refractivity contribution is -0.113. The first-order valence-corrected chi connectivity index (χ1v) is 14.4. The van der Waals surface area contributed by atoms with Crippen LogP contribution in [-0.4, -0.2) is 39.0 Å². The number of fused-ring (bicyclic) bond motifs is 1. The number of ether oxygens (including phenoxy) is 2. The van der Waals surface area contributed by atoms with Gasteiger partial charge in [-0.15, -0.1) is 28.1 Å². The minimum Gasteiger partial charge on any atom is -0.483 e. The van der Waals surface area contributed by atoms with E-state index in [1.807, 2.05) is 11.5 Å². The Balaban J connectivity index is 1.46. The Morgan fingerprint density at radius 2 is 2.00 bits per heavy atom. The SMILES string of the molecule is C=CCn1c(SCC(=O)Nc2sc3c(c2C(=O)OCC)CCCCC3)nnc1C(C)Oc1ccc(F)cc1. The second kappa shape index (κ2) is 13.1. The fourth-order valence-electron chi connectivity index (χ4n) is 4.32. The first-order valence-electron chi connectivity index (χ1n) is 12.6. The number of esters is 1. The van der Waals surface area contributed by atoms with E-state index in [0.29, 0.717) is 33.8 Å². The number of amides is 1. The minimum absolute atomic E-state index is 0.0767. The maximum atomic E-state index is 13.2. The van der Waals surface area contributed by atoms with E-state index in [-0.39, 0.29) is 30.1 Å². The quantitative estimate of drug-likeness (QED) is 0.134. The van der Waals surface area contributed by atoms with Crippen molar-refractivity contribution >= 4 is 40.0 Å². The van der Waals surface area contributed by atoms with Crippen molar-refractivity contribution in [2.45, 2.75) is 63.8 Å². The van der Waals surface area contributed by atoms with E-state index in [2.05, 4.69) is 22.1 Å². The molecule has 0 aliphatic heterocycles. The summed E-state index contributed by atoms with van der Waals surface area (Å²) in [5.74, 6) is 0.163. The van der Waals surface area contributed by atoms with E-state index in [9.17, 15) is 14.0 Å². The molecule has 2 heterocycles. The van der Waals surface area contributed by atoms with Crippen molar-refractivity contribution in [3.8, 4) is 5.75 Å². The molecule has 1 aliphatic carbocycles. The van der Waals surface area contributed by atoms with Crippen molar-refractivity contribution in [3.63, 3.8) is 0 Å². The Labute approximate surface area is 229 Å². The van der Waals surface area contributed by atoms with Gasteiger partial charge in [-0.25, -0.2) is 9.18 Å². The molecule has 1 atom stereocenters. The van der Waals surface area contributed by atoms with Gasteiger partial charge in [-0.1, -0.05) is 24.3 Å². The molecule has 0 saturated heterocycles. The van der Waals surface area contributed by atoms with E-state index < -0.39 is 6.10 Å². The fraction of sp³-hybridized carbons (Fsp3) is 0.407. The Kier molecular flexibility index (Phi) is 9.57. The van der Waals surface area contributed by atoms with Crippen LogP contribution < -0.4 is 10.1 Å². The highest BCUT2D eigenvalue weighted by atomic mass is 32.2. The Morgan fingerprint density at radius 3 is 2.74 bits per heavy atom. The number of allylic oxidation sites excluding steroid dienone is 1. The highest BCUT2D eigenvalue weighted by molar-refractivity contribution is 7.99. The van der Waals surface area contributed by atoms with Crippen LogP contribution in [0.15, 0.2) is 42.1 Å². The lowest BCUT2D eigenvalue weighted by Crippen LogP contribution is -2.17. The Bertz CT molecular complexity index is 1290. The van der Waals surface area contributed by atoms with E-state index in [4.69, 9.17) is 9.47 Å². The average Bonchev–Trinajstić information content (AvgIpc) is 3.37. The lowest BCUT2D eigenvalue weighted by atomic mass is 10.1. The average molecular weight is 559 g/mol. The molecule has 0 bridgehead atoms. The molecule has 0 spiro atoms. The smallest absolute Gasteiger partial charge is 0.341 e. The Hall–Kier alpha value is -3.18. The second-order valence-electron chi connectivity index (χ2n) is 8.78. The van der Waals surface area contributed by atoms with Gasteiger partial charge in [0, 0.05) is 11.4 Å². The third kappa shape index (κ3) is 6.63. The molecule has 11 heteroatoms. The van der Waals surface area contributed by atoms with Gasteiger partial charge in [0.2, 0.25) is 5.91 Å². The number of nitrogens with zero attached hydrogens (tertiary/aromatic N) is 3. The molecule has 1 aliphatic rings. The van der Waals surface area contributed by atoms with E-state index >= 15 is 0 Å². The van der Waals surface area contributed by atoms with Crippen LogP contribution in [0.25, 0.3) is 0 Å². The number of halogens is 1. The molecule has 8 nitrogen and oxygen atoms in total. The van der Waals surface area contributed by atoms with Crippen molar-refractivity contribution < 1.29 is 23.5 Å². The number of carbonyl (C=O) groups is 2. The van der Waals surface area contributed by atoms with E-state index in [0.717, 1.165) is 42.5 Å². The second-order valence-corrected chi connectivity index (χ2v) is 10.8. The molecule has 3 aromatic rings. The topological polar surface area (TPSA) is 95.3 Å². The van der Waals surface area contributed by atoms with Gasteiger partial charge < -0.3 is 14.8 Å². The highest BCUT2D eigenvalue weighted by Gasteiger charge is 2.27. The Morgan fingerprint density at radius 1 is 1.24 bits per heavy atom. The maximum Gasteiger partial charge on any atom is 0.341 e. The number of anilines is 1. The van der Waals surface area contributed by atoms with Crippen LogP contribution in [0.4, 0.5) is 9.39 Å². The normalized spacial score (nSPS) is 13.8. The molecule has 1 unspecified atom stereocenters. The van der Waals surface area contributed by atoms with E-state index in [1.54, 1.807) is 25.1 Å². The molecule has 1 N–H and O–H groups in total. The number of carbonyl (C=O) groups excluding carboxylic acids is 2. The van der Waals surface area contributed by atoms with Gasteiger partial charge in [0.05, 0.1) is 17.9 Å². The van der Waals surface area contributed by atoms with Gasteiger partial charge in [-0.05, 0) is 69.4 Å². The maximum absolute atomic E-state index is 13.2. The number of aryl methyl sites for hydroxylation is 1. The van der Waals surface area contributed by atoms with Gasteiger partial charge in [-0.3, -0.25) is 9.36 Å². The van der Waals surface area contributed by atoms with Crippen molar-refractivity contribution in [2.75, 3.05) is 17.7 Å². The van der Waals surface area contributed by atoms with Crippen LogP contribution >= 0.6 is 23.1 Å². The number of aromatic nitrogens is 3. The predicted octanol–water partition coefficient (Wildman–Crippen LogP) is 5.98. The van der Waals surface area contributed by atoms with Gasteiger partial charge >= 0.3 is 5.97 Å². The summed E-state index contributed by atoms with van der Waals surface area (Å²) in [7, 11) is 0. The molecule has 1 aromatic carbocycles. The summed E-state index contributed by atoms with van der Waals surface area (Å²) in [4.78, 5) is 26.9. The van der Waals surface area contributed by atoms with Crippen molar-refractivity contribution in [1.29, 1.82) is 0 Å². The van der Waals surface area contributed by atoms with Crippen LogP contribution in [0.3, 0.4) is 0 Å². The zero-order chi connectivity index (χ0) is 27.1. The number of thioether (sulfide) groups is 1. The number of hydrogen-bond acceptors (Lipinski definition) is 8. The number of nitrogens with one attached hydrogen (secondary N) is 1. The number of rotatable bonds is 11. The summed E-state index contributed by atoms with van der Waals surface area (Å²) in [6.07, 6.45) is 6.19. The third-order valence-electron chi connectivity index (χ3n) is 6.03. The fourth-order valence-corrected chi connectivity index (χ4v) is 6.37. The van der Waals surface area contributed by atoms with Crippen molar-refractivity contribution in [1.82, 2.24) is 14.8 Å². The molecule has 0 fully saturated rings. The summed E-state index contributed by atoms with van der Waals surface area (Å²) in [5.41, 5.74) is 1.51. The molecule has 202 valence electrons. The summed E-state index contributed by atoms with van der Waals surface area (Å²) >= 11 is 2.71. The first kappa shape index (κ1) is 27.8. The third-order valence-corrected chi connectivity index (χ3v) is 8.21. The van der Waals surface area contributed by atoms with Crippen LogP contribution in [0, 0.1) is 5.82 Å². The van der Waals surface area contributed by atoms with Crippen LogP contribution in [0.2, 0.25) is 0 Å². The summed E-state index contributed by atoms with van der Waals surface area (Å²) < 4.78 is 26.3. The van der Waals surface area contributed by atoms with Crippen molar-refractivity contribution in [2.24, 2.45) is 0 Å². The number of thiophene rings is 1. The molecular formula is C27H31FN4O4S2.